The Morgan fingerprint density at radius 3 is 2.48 bits per heavy atom. The van der Waals surface area contributed by atoms with Gasteiger partial charge in [-0.05, 0) is 18.9 Å². The van der Waals surface area contributed by atoms with Crippen molar-refractivity contribution >= 4 is 5.96 Å². The van der Waals surface area contributed by atoms with Crippen LogP contribution in [0, 0.1) is 0 Å². The molecule has 0 bridgehead atoms. The van der Waals surface area contributed by atoms with Gasteiger partial charge in [0.05, 0.1) is 39.6 Å². The van der Waals surface area contributed by atoms with E-state index in [1.165, 1.54) is 5.56 Å². The van der Waals surface area contributed by atoms with Crippen molar-refractivity contribution in [2.45, 2.75) is 25.8 Å². The van der Waals surface area contributed by atoms with E-state index in [0.29, 0.717) is 29.7 Å². The van der Waals surface area contributed by atoms with Gasteiger partial charge in [-0.3, -0.25) is 4.68 Å². The fourth-order valence-electron chi connectivity index (χ4n) is 3.69. The Morgan fingerprint density at radius 2 is 1.93 bits per heavy atom. The predicted octanol–water partition coefficient (Wildman–Crippen LogP) is 2.40. The number of ether oxygens (including phenoxy) is 3. The van der Waals surface area contributed by atoms with Crippen LogP contribution in [0.25, 0.3) is 0 Å². The van der Waals surface area contributed by atoms with Crippen LogP contribution in [0.4, 0.5) is 0 Å². The smallest absolute Gasteiger partial charge is 0.194 e. The number of aromatic nitrogens is 2. The molecule has 158 valence electrons. The number of aryl methyl sites for hydroxylation is 1. The lowest BCUT2D eigenvalue weighted by molar-refractivity contribution is 0.369. The van der Waals surface area contributed by atoms with Crippen LogP contribution >= 0.6 is 0 Å². The largest absolute Gasteiger partial charge is 0.496 e. The summed E-state index contributed by atoms with van der Waals surface area (Å²) < 4.78 is 18.3. The summed E-state index contributed by atoms with van der Waals surface area (Å²) >= 11 is 0. The summed E-state index contributed by atoms with van der Waals surface area (Å²) in [6.07, 6.45) is 5.15. The molecule has 1 aliphatic heterocycles. The highest BCUT2D eigenvalue weighted by Crippen LogP contribution is 2.34. The molecule has 1 unspecified atom stereocenters. The SMILES string of the molecule is CCNC(=NCc1c(OC)cc(OC)cc1OC)N1CCC(c2cnn(C)c2)C1. The van der Waals surface area contributed by atoms with Gasteiger partial charge in [0.15, 0.2) is 5.96 Å². The molecule has 0 amide bonds. The van der Waals surface area contributed by atoms with Gasteiger partial charge in [-0.15, -0.1) is 0 Å². The number of nitrogens with one attached hydrogen (secondary N) is 1. The molecule has 8 heteroatoms. The summed E-state index contributed by atoms with van der Waals surface area (Å²) in [6.45, 7) is 5.23. The Balaban J connectivity index is 1.80. The van der Waals surface area contributed by atoms with Gasteiger partial charge in [0.1, 0.15) is 17.2 Å². The molecule has 1 aromatic carbocycles. The van der Waals surface area contributed by atoms with E-state index in [1.807, 2.05) is 30.1 Å². The molecule has 29 heavy (non-hydrogen) atoms. The van der Waals surface area contributed by atoms with Crippen LogP contribution in [0.5, 0.6) is 17.2 Å². The number of hydrogen-bond donors (Lipinski definition) is 1. The molecule has 1 saturated heterocycles. The second kappa shape index (κ2) is 9.54. The summed E-state index contributed by atoms with van der Waals surface area (Å²) in [5, 5.41) is 7.73. The van der Waals surface area contributed by atoms with Crippen molar-refractivity contribution in [1.29, 1.82) is 0 Å². The molecular formula is C21H31N5O3. The number of methoxy groups -OCH3 is 3. The molecular weight excluding hydrogens is 370 g/mol. The van der Waals surface area contributed by atoms with E-state index in [9.17, 15) is 0 Å². The molecule has 1 fully saturated rings. The predicted molar refractivity (Wildman–Crippen MR) is 113 cm³/mol. The average Bonchev–Trinajstić information content (AvgIpc) is 3.39. The van der Waals surface area contributed by atoms with E-state index in [-0.39, 0.29) is 0 Å². The topological polar surface area (TPSA) is 73.1 Å². The number of aliphatic imine (C=N–C) groups is 1. The minimum Gasteiger partial charge on any atom is -0.496 e. The number of nitrogens with zero attached hydrogens (tertiary/aromatic N) is 4. The maximum atomic E-state index is 5.55. The summed E-state index contributed by atoms with van der Waals surface area (Å²) in [7, 11) is 6.87. The van der Waals surface area contributed by atoms with E-state index < -0.39 is 0 Å². The van der Waals surface area contributed by atoms with Gasteiger partial charge in [-0.2, -0.15) is 5.10 Å². The first-order valence-corrected chi connectivity index (χ1v) is 9.90. The number of likely N-dealkylation sites (tertiary alicyclic amines) is 1. The molecule has 2 heterocycles. The van der Waals surface area contributed by atoms with E-state index in [2.05, 4.69) is 28.4 Å². The van der Waals surface area contributed by atoms with Crippen LogP contribution in [0.1, 0.15) is 30.4 Å². The normalized spacial score (nSPS) is 16.8. The highest BCUT2D eigenvalue weighted by molar-refractivity contribution is 5.80. The second-order valence-corrected chi connectivity index (χ2v) is 7.06. The zero-order valence-electron chi connectivity index (χ0n) is 17.9. The van der Waals surface area contributed by atoms with Gasteiger partial charge in [-0.1, -0.05) is 0 Å². The maximum absolute atomic E-state index is 5.55. The Hall–Kier alpha value is -2.90. The van der Waals surface area contributed by atoms with Gasteiger partial charge in [0, 0.05) is 50.9 Å². The fraction of sp³-hybridized carbons (Fsp3) is 0.524. The molecule has 0 saturated carbocycles. The Bertz CT molecular complexity index is 824. The molecule has 8 nitrogen and oxygen atoms in total. The monoisotopic (exact) mass is 401 g/mol. The van der Waals surface area contributed by atoms with Crippen molar-refractivity contribution in [2.24, 2.45) is 12.0 Å². The minimum absolute atomic E-state index is 0.451. The number of hydrogen-bond acceptors (Lipinski definition) is 5. The molecule has 2 aromatic rings. The van der Waals surface area contributed by atoms with Crippen molar-refractivity contribution in [3.63, 3.8) is 0 Å². The van der Waals surface area contributed by atoms with Crippen molar-refractivity contribution in [2.75, 3.05) is 41.0 Å². The van der Waals surface area contributed by atoms with Crippen LogP contribution in [-0.4, -0.2) is 61.6 Å². The molecule has 0 radical (unpaired) electrons. The van der Waals surface area contributed by atoms with E-state index in [0.717, 1.165) is 37.6 Å². The van der Waals surface area contributed by atoms with Crippen molar-refractivity contribution in [3.05, 3.63) is 35.7 Å². The van der Waals surface area contributed by atoms with Crippen molar-refractivity contribution in [1.82, 2.24) is 20.0 Å². The average molecular weight is 402 g/mol. The minimum atomic E-state index is 0.451. The Morgan fingerprint density at radius 1 is 1.21 bits per heavy atom. The zero-order valence-corrected chi connectivity index (χ0v) is 17.9. The lowest BCUT2D eigenvalue weighted by Gasteiger charge is -2.22. The first-order chi connectivity index (χ1) is 14.1. The number of benzene rings is 1. The third-order valence-corrected chi connectivity index (χ3v) is 5.22. The van der Waals surface area contributed by atoms with E-state index in [1.54, 1.807) is 21.3 Å². The van der Waals surface area contributed by atoms with E-state index in [4.69, 9.17) is 19.2 Å². The first kappa shape index (κ1) is 20.8. The standard InChI is InChI=1S/C21H31N5O3/c1-6-22-21(26-8-7-15(14-26)16-11-24-25(2)13-16)23-12-18-19(28-4)9-17(27-3)10-20(18)29-5/h9-11,13,15H,6-8,12,14H2,1-5H3,(H,22,23). The molecule has 1 aliphatic rings. The fourth-order valence-corrected chi connectivity index (χ4v) is 3.69. The number of rotatable bonds is 7. The lowest BCUT2D eigenvalue weighted by Crippen LogP contribution is -2.40. The molecule has 0 aliphatic carbocycles. The molecule has 1 N–H and O–H groups in total. The first-order valence-electron chi connectivity index (χ1n) is 9.90. The molecule has 1 aromatic heterocycles. The Kier molecular flexibility index (Phi) is 6.85. The molecule has 1 atom stereocenters. The van der Waals surface area contributed by atoms with Gasteiger partial charge in [0.2, 0.25) is 0 Å². The van der Waals surface area contributed by atoms with Crippen LogP contribution in [-0.2, 0) is 13.6 Å². The van der Waals surface area contributed by atoms with Gasteiger partial charge in [-0.25, -0.2) is 4.99 Å². The van der Waals surface area contributed by atoms with Crippen molar-refractivity contribution in [3.8, 4) is 17.2 Å². The van der Waals surface area contributed by atoms with E-state index >= 15 is 0 Å². The highest BCUT2D eigenvalue weighted by atomic mass is 16.5. The van der Waals surface area contributed by atoms with Gasteiger partial charge in [0.25, 0.3) is 0 Å². The van der Waals surface area contributed by atoms with Crippen LogP contribution < -0.4 is 19.5 Å². The Labute approximate surface area is 172 Å². The van der Waals surface area contributed by atoms with Gasteiger partial charge < -0.3 is 24.4 Å². The van der Waals surface area contributed by atoms with Gasteiger partial charge >= 0.3 is 0 Å². The summed E-state index contributed by atoms with van der Waals surface area (Å²) in [5.41, 5.74) is 2.18. The van der Waals surface area contributed by atoms with Crippen LogP contribution in [0.15, 0.2) is 29.5 Å². The summed E-state index contributed by atoms with van der Waals surface area (Å²) in [6, 6.07) is 3.71. The number of guanidine groups is 1. The lowest BCUT2D eigenvalue weighted by atomic mass is 10.0. The third kappa shape index (κ3) is 4.75. The van der Waals surface area contributed by atoms with Crippen molar-refractivity contribution < 1.29 is 14.2 Å². The molecule has 3 rings (SSSR count). The van der Waals surface area contributed by atoms with Crippen LogP contribution in [0.3, 0.4) is 0 Å². The summed E-state index contributed by atoms with van der Waals surface area (Å²) in [4.78, 5) is 7.19. The quantitative estimate of drug-likeness (QED) is 0.567. The van der Waals surface area contributed by atoms with Crippen LogP contribution in [0.2, 0.25) is 0 Å². The summed E-state index contributed by atoms with van der Waals surface area (Å²) in [5.74, 6) is 3.47. The third-order valence-electron chi connectivity index (χ3n) is 5.22. The second-order valence-electron chi connectivity index (χ2n) is 7.06. The molecule has 0 spiro atoms. The maximum Gasteiger partial charge on any atom is 0.194 e. The highest BCUT2D eigenvalue weighted by Gasteiger charge is 2.27. The zero-order chi connectivity index (χ0) is 20.8.